The molecular formula is C13H14ClNO3S. The van der Waals surface area contributed by atoms with Gasteiger partial charge in [0.1, 0.15) is 6.04 Å². The Labute approximate surface area is 120 Å². The summed E-state index contributed by atoms with van der Waals surface area (Å²) in [4.78, 5) is 24.8. The summed E-state index contributed by atoms with van der Waals surface area (Å²) < 4.78 is 0. The average molecular weight is 300 g/mol. The third kappa shape index (κ3) is 3.22. The summed E-state index contributed by atoms with van der Waals surface area (Å²) in [5.41, 5.74) is 0.836. The Balaban J connectivity index is 2.10. The Kier molecular flexibility index (Phi) is 4.37. The van der Waals surface area contributed by atoms with Crippen LogP contribution in [0.2, 0.25) is 5.02 Å². The molecule has 0 aliphatic carbocycles. The summed E-state index contributed by atoms with van der Waals surface area (Å²) in [6.07, 6.45) is 0.200. The molecule has 0 saturated carbocycles. The molecule has 102 valence electrons. The first kappa shape index (κ1) is 14.2. The van der Waals surface area contributed by atoms with E-state index < -0.39 is 12.0 Å². The number of carboxylic acids is 1. The highest BCUT2D eigenvalue weighted by atomic mass is 35.5. The number of rotatable bonds is 3. The molecule has 0 spiro atoms. The highest BCUT2D eigenvalue weighted by molar-refractivity contribution is 8.00. The smallest absolute Gasteiger partial charge is 0.327 e. The Hall–Kier alpha value is -1.20. The number of benzene rings is 1. The molecule has 1 amide bonds. The third-order valence-electron chi connectivity index (χ3n) is 3.06. The van der Waals surface area contributed by atoms with Gasteiger partial charge in [-0.3, -0.25) is 4.79 Å². The zero-order valence-corrected chi connectivity index (χ0v) is 11.9. The van der Waals surface area contributed by atoms with E-state index in [0.29, 0.717) is 10.8 Å². The number of carbonyl (C=O) groups is 2. The van der Waals surface area contributed by atoms with E-state index in [2.05, 4.69) is 0 Å². The van der Waals surface area contributed by atoms with Crippen LogP contribution in [0.3, 0.4) is 0 Å². The minimum Gasteiger partial charge on any atom is -0.480 e. The van der Waals surface area contributed by atoms with Crippen LogP contribution in [0.5, 0.6) is 0 Å². The third-order valence-corrected chi connectivity index (χ3v) is 4.53. The van der Waals surface area contributed by atoms with Crippen LogP contribution in [-0.2, 0) is 16.0 Å². The van der Waals surface area contributed by atoms with Crippen molar-refractivity contribution in [3.8, 4) is 0 Å². The van der Waals surface area contributed by atoms with E-state index in [1.54, 1.807) is 24.3 Å². The van der Waals surface area contributed by atoms with Gasteiger partial charge in [0.05, 0.1) is 11.8 Å². The molecule has 1 aliphatic heterocycles. The van der Waals surface area contributed by atoms with Crippen LogP contribution < -0.4 is 0 Å². The topological polar surface area (TPSA) is 57.6 Å². The molecule has 0 aromatic heterocycles. The highest BCUT2D eigenvalue weighted by Gasteiger charge is 2.39. The van der Waals surface area contributed by atoms with Gasteiger partial charge in [-0.2, -0.15) is 0 Å². The molecule has 1 aromatic carbocycles. The number of hydrogen-bond acceptors (Lipinski definition) is 3. The minimum atomic E-state index is -0.943. The Bertz CT molecular complexity index is 491. The van der Waals surface area contributed by atoms with Crippen molar-refractivity contribution in [1.82, 2.24) is 4.90 Å². The van der Waals surface area contributed by atoms with E-state index >= 15 is 0 Å². The van der Waals surface area contributed by atoms with Crippen LogP contribution in [0.4, 0.5) is 0 Å². The van der Waals surface area contributed by atoms with E-state index in [9.17, 15) is 9.59 Å². The molecule has 2 atom stereocenters. The van der Waals surface area contributed by atoms with Gasteiger partial charge in [0.2, 0.25) is 5.91 Å². The zero-order valence-electron chi connectivity index (χ0n) is 10.4. The van der Waals surface area contributed by atoms with Gasteiger partial charge in [0.15, 0.2) is 0 Å². The lowest BCUT2D eigenvalue weighted by atomic mass is 10.1. The molecule has 1 heterocycles. The monoisotopic (exact) mass is 299 g/mol. The largest absolute Gasteiger partial charge is 0.480 e. The Morgan fingerprint density at radius 1 is 1.42 bits per heavy atom. The van der Waals surface area contributed by atoms with Crippen molar-refractivity contribution >= 4 is 35.2 Å². The van der Waals surface area contributed by atoms with Gasteiger partial charge in [0, 0.05) is 10.8 Å². The fourth-order valence-corrected chi connectivity index (χ4v) is 3.39. The number of nitrogens with zero attached hydrogens (tertiary/aromatic N) is 1. The number of carboxylic acid groups (broad SMARTS) is 1. The summed E-state index contributed by atoms with van der Waals surface area (Å²) in [5, 5.41) is 9.65. The number of amides is 1. The van der Waals surface area contributed by atoms with Crippen LogP contribution in [0.1, 0.15) is 12.5 Å². The number of thioether (sulfide) groups is 1. The van der Waals surface area contributed by atoms with E-state index in [4.69, 9.17) is 16.7 Å². The highest BCUT2D eigenvalue weighted by Crippen LogP contribution is 2.29. The first-order valence-electron chi connectivity index (χ1n) is 5.89. The fraction of sp³-hybridized carbons (Fsp3) is 0.385. The maximum absolute atomic E-state index is 12.2. The number of carbonyl (C=O) groups excluding carboxylic acids is 1. The first-order valence-corrected chi connectivity index (χ1v) is 7.31. The molecule has 1 saturated heterocycles. The summed E-state index contributed by atoms with van der Waals surface area (Å²) >= 11 is 7.27. The van der Waals surface area contributed by atoms with Gasteiger partial charge >= 0.3 is 5.97 Å². The van der Waals surface area contributed by atoms with Crippen LogP contribution in [0, 0.1) is 0 Å². The fourth-order valence-electron chi connectivity index (χ4n) is 2.08. The second-order valence-electron chi connectivity index (χ2n) is 4.39. The summed E-state index contributed by atoms with van der Waals surface area (Å²) in [6, 6.07) is 6.29. The van der Waals surface area contributed by atoms with Gasteiger partial charge in [-0.1, -0.05) is 23.7 Å². The van der Waals surface area contributed by atoms with Crippen LogP contribution >= 0.6 is 23.4 Å². The van der Waals surface area contributed by atoms with Gasteiger partial charge in [-0.05, 0) is 24.6 Å². The van der Waals surface area contributed by atoms with Crippen molar-refractivity contribution < 1.29 is 14.7 Å². The molecule has 1 fully saturated rings. The Morgan fingerprint density at radius 2 is 2.05 bits per heavy atom. The van der Waals surface area contributed by atoms with Gasteiger partial charge in [0.25, 0.3) is 0 Å². The second-order valence-corrected chi connectivity index (χ2v) is 6.18. The number of hydrogen-bond donors (Lipinski definition) is 1. The van der Waals surface area contributed by atoms with Crippen molar-refractivity contribution in [3.63, 3.8) is 0 Å². The van der Waals surface area contributed by atoms with Gasteiger partial charge in [-0.25, -0.2) is 4.79 Å². The standard InChI is InChI=1S/C13H14ClNO3S/c1-8-15(11(7-19-8)13(17)18)12(16)6-9-2-4-10(14)5-3-9/h2-5,8,11H,6-7H2,1H3,(H,17,18). The summed E-state index contributed by atoms with van der Waals surface area (Å²) in [7, 11) is 0. The van der Waals surface area contributed by atoms with Crippen molar-refractivity contribution in [2.75, 3.05) is 5.75 Å². The molecule has 1 aromatic rings. The quantitative estimate of drug-likeness (QED) is 0.930. The summed E-state index contributed by atoms with van der Waals surface area (Å²) in [6.45, 7) is 1.85. The lowest BCUT2D eigenvalue weighted by Gasteiger charge is -2.25. The number of halogens is 1. The molecule has 6 heteroatoms. The molecule has 1 aliphatic rings. The lowest BCUT2D eigenvalue weighted by Crippen LogP contribution is -2.45. The molecule has 0 radical (unpaired) electrons. The van der Waals surface area contributed by atoms with E-state index in [1.807, 2.05) is 6.92 Å². The molecule has 2 unspecified atom stereocenters. The van der Waals surface area contributed by atoms with Crippen molar-refractivity contribution in [1.29, 1.82) is 0 Å². The SMILES string of the molecule is CC1SCC(C(=O)O)N1C(=O)Cc1ccc(Cl)cc1. The zero-order chi connectivity index (χ0) is 14.0. The maximum Gasteiger partial charge on any atom is 0.327 e. The first-order chi connectivity index (χ1) is 8.99. The molecular weight excluding hydrogens is 286 g/mol. The summed E-state index contributed by atoms with van der Waals surface area (Å²) in [5.74, 6) is -0.656. The lowest BCUT2D eigenvalue weighted by molar-refractivity contribution is -0.148. The van der Waals surface area contributed by atoms with E-state index in [-0.39, 0.29) is 17.7 Å². The van der Waals surface area contributed by atoms with Gasteiger partial charge < -0.3 is 10.0 Å². The predicted octanol–water partition coefficient (Wildman–Crippen LogP) is 2.26. The predicted molar refractivity (Wildman–Crippen MR) is 75.3 cm³/mol. The average Bonchev–Trinajstić information content (AvgIpc) is 2.74. The van der Waals surface area contributed by atoms with Crippen molar-refractivity contribution in [2.45, 2.75) is 24.8 Å². The van der Waals surface area contributed by atoms with Gasteiger partial charge in [-0.15, -0.1) is 11.8 Å². The van der Waals surface area contributed by atoms with E-state index in [1.165, 1.54) is 16.7 Å². The molecule has 1 N–H and O–H groups in total. The van der Waals surface area contributed by atoms with Crippen molar-refractivity contribution in [2.24, 2.45) is 0 Å². The van der Waals surface area contributed by atoms with Crippen LogP contribution in [0.25, 0.3) is 0 Å². The van der Waals surface area contributed by atoms with Crippen LogP contribution in [0.15, 0.2) is 24.3 Å². The number of aliphatic carboxylic acids is 1. The van der Waals surface area contributed by atoms with Crippen LogP contribution in [-0.4, -0.2) is 39.1 Å². The normalized spacial score (nSPS) is 22.5. The molecule has 4 nitrogen and oxygen atoms in total. The van der Waals surface area contributed by atoms with E-state index in [0.717, 1.165) is 5.56 Å². The minimum absolute atomic E-state index is 0.0964. The second kappa shape index (κ2) is 5.84. The van der Waals surface area contributed by atoms with Crippen molar-refractivity contribution in [3.05, 3.63) is 34.9 Å². The Morgan fingerprint density at radius 3 is 2.63 bits per heavy atom. The maximum atomic E-state index is 12.2. The molecule has 0 bridgehead atoms. The molecule has 2 rings (SSSR count). The molecule has 19 heavy (non-hydrogen) atoms.